The Bertz CT molecular complexity index is 990. The summed E-state index contributed by atoms with van der Waals surface area (Å²) in [6.45, 7) is -0.277. The molecule has 0 unspecified atom stereocenters. The molecule has 2 aromatic carbocycles. The number of hydrogen-bond acceptors (Lipinski definition) is 6. The van der Waals surface area contributed by atoms with Crippen LogP contribution in [0.25, 0.3) is 0 Å². The summed E-state index contributed by atoms with van der Waals surface area (Å²) in [5.41, 5.74) is 0.975. The van der Waals surface area contributed by atoms with Crippen molar-refractivity contribution in [1.29, 1.82) is 0 Å². The topological polar surface area (TPSA) is 77.5 Å². The molecule has 144 valence electrons. The summed E-state index contributed by atoms with van der Waals surface area (Å²) in [5.74, 6) is 0.0215. The van der Waals surface area contributed by atoms with Gasteiger partial charge in [-0.25, -0.2) is 9.37 Å². The number of anilines is 1. The van der Waals surface area contributed by atoms with E-state index in [4.69, 9.17) is 9.47 Å². The first-order chi connectivity index (χ1) is 13.6. The minimum Gasteiger partial charge on any atom is -0.493 e. The van der Waals surface area contributed by atoms with Crippen molar-refractivity contribution >= 4 is 28.7 Å². The van der Waals surface area contributed by atoms with E-state index in [9.17, 15) is 14.0 Å². The molecule has 0 aliphatic heterocycles. The van der Waals surface area contributed by atoms with Gasteiger partial charge in [-0.05, 0) is 29.8 Å². The molecule has 1 N–H and O–H groups in total. The Morgan fingerprint density at radius 1 is 1.25 bits per heavy atom. The van der Waals surface area contributed by atoms with E-state index in [1.807, 2.05) is 0 Å². The molecular formula is C20H17FN2O4S. The third-order valence-electron chi connectivity index (χ3n) is 3.80. The molecule has 0 aliphatic carbocycles. The van der Waals surface area contributed by atoms with Crippen molar-refractivity contribution in [3.63, 3.8) is 0 Å². The smallest absolute Gasteiger partial charge is 0.264 e. The van der Waals surface area contributed by atoms with Gasteiger partial charge in [-0.1, -0.05) is 18.2 Å². The second-order valence-electron chi connectivity index (χ2n) is 5.76. The highest BCUT2D eigenvalue weighted by molar-refractivity contribution is 7.15. The highest BCUT2D eigenvalue weighted by Crippen LogP contribution is 2.27. The number of rotatable bonds is 8. The molecule has 0 radical (unpaired) electrons. The van der Waals surface area contributed by atoms with Gasteiger partial charge in [0.15, 0.2) is 23.2 Å². The zero-order valence-electron chi connectivity index (χ0n) is 15.0. The molecule has 1 aromatic heterocycles. The zero-order chi connectivity index (χ0) is 19.9. The highest BCUT2D eigenvalue weighted by atomic mass is 32.1. The summed E-state index contributed by atoms with van der Waals surface area (Å²) in [5, 5.41) is 3.04. The van der Waals surface area contributed by atoms with E-state index in [1.54, 1.807) is 36.5 Å². The van der Waals surface area contributed by atoms with Gasteiger partial charge in [-0.2, -0.15) is 0 Å². The highest BCUT2D eigenvalue weighted by Gasteiger charge is 2.12. The number of carbonyl (C=O) groups is 2. The van der Waals surface area contributed by atoms with Crippen LogP contribution in [0.15, 0.2) is 48.7 Å². The molecular weight excluding hydrogens is 383 g/mol. The first-order valence-corrected chi connectivity index (χ1v) is 9.14. The number of nitrogens with one attached hydrogen (secondary N) is 1. The maximum Gasteiger partial charge on any atom is 0.264 e. The standard InChI is InChI=1S/C20H17FN2O4S/c1-26-17-7-6-13(11-24)8-18(17)27-12-19(25)23-20-22-10-15(28-20)9-14-4-2-3-5-16(14)21/h2-8,10-11H,9,12H2,1H3,(H,22,23,25). The van der Waals surface area contributed by atoms with Gasteiger partial charge in [-0.15, -0.1) is 11.3 Å². The van der Waals surface area contributed by atoms with E-state index in [0.29, 0.717) is 40.5 Å². The van der Waals surface area contributed by atoms with Crippen molar-refractivity contribution in [3.8, 4) is 11.5 Å². The number of hydrogen-bond donors (Lipinski definition) is 1. The number of ether oxygens (including phenoxy) is 2. The number of thiazole rings is 1. The van der Waals surface area contributed by atoms with Crippen LogP contribution in [-0.4, -0.2) is 30.9 Å². The number of carbonyl (C=O) groups excluding carboxylic acids is 2. The molecule has 6 nitrogen and oxygen atoms in total. The van der Waals surface area contributed by atoms with Gasteiger partial charge in [0.1, 0.15) is 12.1 Å². The summed E-state index contributed by atoms with van der Waals surface area (Å²) < 4.78 is 24.3. The van der Waals surface area contributed by atoms with Crippen molar-refractivity contribution < 1.29 is 23.5 Å². The van der Waals surface area contributed by atoms with E-state index in [0.717, 1.165) is 4.88 Å². The van der Waals surface area contributed by atoms with Gasteiger partial charge in [0.2, 0.25) is 0 Å². The van der Waals surface area contributed by atoms with Crippen LogP contribution in [0.1, 0.15) is 20.8 Å². The van der Waals surface area contributed by atoms with Crippen LogP contribution in [-0.2, 0) is 11.2 Å². The molecule has 0 saturated carbocycles. The van der Waals surface area contributed by atoms with Crippen molar-refractivity contribution in [2.45, 2.75) is 6.42 Å². The summed E-state index contributed by atoms with van der Waals surface area (Å²) in [4.78, 5) is 28.0. The number of amides is 1. The van der Waals surface area contributed by atoms with Crippen LogP contribution in [0.2, 0.25) is 0 Å². The Morgan fingerprint density at radius 2 is 2.07 bits per heavy atom. The lowest BCUT2D eigenvalue weighted by Crippen LogP contribution is -2.20. The van der Waals surface area contributed by atoms with Crippen LogP contribution in [0.5, 0.6) is 11.5 Å². The average molecular weight is 400 g/mol. The Labute approximate surface area is 164 Å². The lowest BCUT2D eigenvalue weighted by molar-refractivity contribution is -0.118. The van der Waals surface area contributed by atoms with E-state index in [2.05, 4.69) is 10.3 Å². The van der Waals surface area contributed by atoms with Gasteiger partial charge in [0.05, 0.1) is 7.11 Å². The number of methoxy groups -OCH3 is 1. The van der Waals surface area contributed by atoms with Gasteiger partial charge < -0.3 is 9.47 Å². The largest absolute Gasteiger partial charge is 0.493 e. The number of aldehydes is 1. The maximum atomic E-state index is 13.7. The monoisotopic (exact) mass is 400 g/mol. The van der Waals surface area contributed by atoms with Crippen LogP contribution in [0.3, 0.4) is 0 Å². The van der Waals surface area contributed by atoms with Gasteiger partial charge in [0, 0.05) is 23.1 Å². The second kappa shape index (κ2) is 9.09. The average Bonchev–Trinajstić information content (AvgIpc) is 3.14. The van der Waals surface area contributed by atoms with Crippen LogP contribution >= 0.6 is 11.3 Å². The fraction of sp³-hybridized carbons (Fsp3) is 0.150. The predicted octanol–water partition coefficient (Wildman–Crippen LogP) is 3.71. The van der Waals surface area contributed by atoms with Crippen molar-refractivity contribution in [2.75, 3.05) is 19.0 Å². The van der Waals surface area contributed by atoms with E-state index < -0.39 is 5.91 Å². The number of benzene rings is 2. The molecule has 0 bridgehead atoms. The van der Waals surface area contributed by atoms with Gasteiger partial charge >= 0.3 is 0 Å². The van der Waals surface area contributed by atoms with Crippen LogP contribution in [0, 0.1) is 5.82 Å². The fourth-order valence-electron chi connectivity index (χ4n) is 2.45. The molecule has 0 spiro atoms. The Balaban J connectivity index is 1.58. The maximum absolute atomic E-state index is 13.7. The Kier molecular flexibility index (Phi) is 6.33. The lowest BCUT2D eigenvalue weighted by Gasteiger charge is -2.10. The molecule has 8 heteroatoms. The first-order valence-electron chi connectivity index (χ1n) is 8.33. The molecule has 0 saturated heterocycles. The van der Waals surface area contributed by atoms with Gasteiger partial charge in [0.25, 0.3) is 5.91 Å². The molecule has 0 atom stereocenters. The third kappa shape index (κ3) is 4.92. The molecule has 0 fully saturated rings. The van der Waals surface area contributed by atoms with E-state index in [1.165, 1.54) is 30.6 Å². The minimum atomic E-state index is -0.412. The molecule has 3 aromatic rings. The zero-order valence-corrected chi connectivity index (χ0v) is 15.8. The lowest BCUT2D eigenvalue weighted by atomic mass is 10.1. The van der Waals surface area contributed by atoms with E-state index >= 15 is 0 Å². The molecule has 0 aliphatic rings. The van der Waals surface area contributed by atoms with E-state index in [-0.39, 0.29) is 12.4 Å². The Morgan fingerprint density at radius 3 is 2.82 bits per heavy atom. The first kappa shape index (κ1) is 19.5. The minimum absolute atomic E-state index is 0.276. The van der Waals surface area contributed by atoms with Gasteiger partial charge in [-0.3, -0.25) is 14.9 Å². The molecule has 1 amide bonds. The quantitative estimate of drug-likeness (QED) is 0.583. The summed E-state index contributed by atoms with van der Waals surface area (Å²) in [7, 11) is 1.47. The summed E-state index contributed by atoms with van der Waals surface area (Å²) in [6.07, 6.45) is 2.68. The summed E-state index contributed by atoms with van der Waals surface area (Å²) >= 11 is 1.26. The van der Waals surface area contributed by atoms with Crippen molar-refractivity contribution in [3.05, 3.63) is 70.5 Å². The number of nitrogens with zero attached hydrogens (tertiary/aromatic N) is 1. The second-order valence-corrected chi connectivity index (χ2v) is 6.88. The number of aromatic nitrogens is 1. The van der Waals surface area contributed by atoms with Crippen molar-refractivity contribution in [2.24, 2.45) is 0 Å². The molecule has 28 heavy (non-hydrogen) atoms. The fourth-order valence-corrected chi connectivity index (χ4v) is 3.31. The van der Waals surface area contributed by atoms with Crippen LogP contribution < -0.4 is 14.8 Å². The molecule has 3 rings (SSSR count). The Hall–Kier alpha value is -3.26. The molecule has 1 heterocycles. The third-order valence-corrected chi connectivity index (χ3v) is 4.72. The summed E-state index contributed by atoms with van der Waals surface area (Å²) in [6, 6.07) is 11.2. The SMILES string of the molecule is COc1ccc(C=O)cc1OCC(=O)Nc1ncc(Cc2ccccc2F)s1. The number of halogens is 1. The predicted molar refractivity (Wildman–Crippen MR) is 104 cm³/mol. The normalized spacial score (nSPS) is 10.4. The van der Waals surface area contributed by atoms with Crippen LogP contribution in [0.4, 0.5) is 9.52 Å². The van der Waals surface area contributed by atoms with Crippen molar-refractivity contribution in [1.82, 2.24) is 4.98 Å².